The zero-order valence-electron chi connectivity index (χ0n) is 11.1. The average Bonchev–Trinajstić information content (AvgIpc) is 2.62. The lowest BCUT2D eigenvalue weighted by atomic mass is 9.78. The summed E-state index contributed by atoms with van der Waals surface area (Å²) in [4.78, 5) is 0. The van der Waals surface area contributed by atoms with E-state index in [0.717, 1.165) is 18.6 Å². The van der Waals surface area contributed by atoms with E-state index in [1.807, 2.05) is 0 Å². The van der Waals surface area contributed by atoms with Gasteiger partial charge in [-0.3, -0.25) is 0 Å². The Bertz CT molecular complexity index is 427. The maximum Gasteiger partial charge on any atom is 0.122 e. The number of hydrogen-bond acceptors (Lipinski definition) is 1. The second-order valence-corrected chi connectivity index (χ2v) is 6.15. The molecule has 2 heteroatoms. The molecule has 0 radical (unpaired) electrons. The second kappa shape index (κ2) is 4.53. The average molecular weight is 253 g/mol. The lowest BCUT2D eigenvalue weighted by Gasteiger charge is -2.27. The number of aryl methyl sites for hydroxylation is 2. The fourth-order valence-corrected chi connectivity index (χ4v) is 3.52. The lowest BCUT2D eigenvalue weighted by Crippen LogP contribution is -2.19. The minimum Gasteiger partial charge on any atom is -0.496 e. The Morgan fingerprint density at radius 3 is 2.53 bits per heavy atom. The Morgan fingerprint density at radius 2 is 2.00 bits per heavy atom. The molecule has 2 unspecified atom stereocenters. The van der Waals surface area contributed by atoms with Gasteiger partial charge in [-0.1, -0.05) is 13.0 Å². The summed E-state index contributed by atoms with van der Waals surface area (Å²) in [7, 11) is 1.73. The van der Waals surface area contributed by atoms with E-state index < -0.39 is 0 Å². The molecule has 0 aliphatic heterocycles. The molecule has 1 fully saturated rings. The van der Waals surface area contributed by atoms with Crippen LogP contribution >= 0.6 is 11.6 Å². The standard InChI is InChI=1S/C15H21ClO/c1-10-8-14(17-4)11(2)7-13(10)15(3)6-5-12(16)9-15/h7-8,12H,5-6,9H2,1-4H3. The van der Waals surface area contributed by atoms with Gasteiger partial charge >= 0.3 is 0 Å². The summed E-state index contributed by atoms with van der Waals surface area (Å²) < 4.78 is 5.37. The van der Waals surface area contributed by atoms with Crippen LogP contribution < -0.4 is 4.74 Å². The fraction of sp³-hybridized carbons (Fsp3) is 0.600. The second-order valence-electron chi connectivity index (χ2n) is 5.54. The molecule has 1 saturated carbocycles. The third-order valence-electron chi connectivity index (χ3n) is 4.07. The van der Waals surface area contributed by atoms with Gasteiger partial charge < -0.3 is 4.74 Å². The van der Waals surface area contributed by atoms with Gasteiger partial charge in [-0.2, -0.15) is 0 Å². The van der Waals surface area contributed by atoms with E-state index in [-0.39, 0.29) is 5.41 Å². The first-order valence-electron chi connectivity index (χ1n) is 6.26. The van der Waals surface area contributed by atoms with Crippen LogP contribution in [0.5, 0.6) is 5.75 Å². The molecule has 0 bridgehead atoms. The highest BCUT2D eigenvalue weighted by Crippen LogP contribution is 2.45. The molecule has 0 N–H and O–H groups in total. The molecule has 0 aromatic heterocycles. The van der Waals surface area contributed by atoms with Gasteiger partial charge in [0.05, 0.1) is 7.11 Å². The number of benzene rings is 1. The summed E-state index contributed by atoms with van der Waals surface area (Å²) in [5.74, 6) is 0.982. The van der Waals surface area contributed by atoms with E-state index in [0.29, 0.717) is 5.38 Å². The molecular weight excluding hydrogens is 232 g/mol. The van der Waals surface area contributed by atoms with Crippen LogP contribution in [0.2, 0.25) is 0 Å². The summed E-state index contributed by atoms with van der Waals surface area (Å²) in [5, 5.41) is 0.335. The van der Waals surface area contributed by atoms with Crippen molar-refractivity contribution in [2.75, 3.05) is 7.11 Å². The number of hydrogen-bond donors (Lipinski definition) is 0. The SMILES string of the molecule is COc1cc(C)c(C2(C)CCC(Cl)C2)cc1C. The van der Waals surface area contributed by atoms with Gasteiger partial charge in [0, 0.05) is 5.38 Å². The van der Waals surface area contributed by atoms with E-state index in [1.54, 1.807) is 7.11 Å². The molecule has 17 heavy (non-hydrogen) atoms. The summed E-state index contributed by atoms with van der Waals surface area (Å²) >= 11 is 6.27. The molecule has 0 amide bonds. The smallest absolute Gasteiger partial charge is 0.122 e. The van der Waals surface area contributed by atoms with Crippen LogP contribution in [0.15, 0.2) is 12.1 Å². The van der Waals surface area contributed by atoms with Crippen molar-refractivity contribution in [3.8, 4) is 5.75 Å². The van der Waals surface area contributed by atoms with Crippen LogP contribution in [0.1, 0.15) is 42.9 Å². The Morgan fingerprint density at radius 1 is 1.29 bits per heavy atom. The molecule has 1 aromatic carbocycles. The molecule has 1 aliphatic rings. The van der Waals surface area contributed by atoms with Crippen molar-refractivity contribution in [2.24, 2.45) is 0 Å². The fourth-order valence-electron chi connectivity index (χ4n) is 3.07. The van der Waals surface area contributed by atoms with E-state index in [4.69, 9.17) is 16.3 Å². The molecular formula is C15H21ClO. The van der Waals surface area contributed by atoms with E-state index in [2.05, 4.69) is 32.9 Å². The highest BCUT2D eigenvalue weighted by Gasteiger charge is 2.36. The summed E-state index contributed by atoms with van der Waals surface area (Å²) in [6.45, 7) is 6.62. The number of rotatable bonds is 2. The van der Waals surface area contributed by atoms with Crippen molar-refractivity contribution in [1.29, 1.82) is 0 Å². The van der Waals surface area contributed by atoms with Gasteiger partial charge in [-0.15, -0.1) is 11.6 Å². The normalized spacial score (nSPS) is 28.4. The Balaban J connectivity index is 2.42. The zero-order chi connectivity index (χ0) is 12.6. The van der Waals surface area contributed by atoms with Gasteiger partial charge in [-0.25, -0.2) is 0 Å². The maximum atomic E-state index is 6.27. The predicted octanol–water partition coefficient (Wildman–Crippen LogP) is 4.36. The molecule has 1 aromatic rings. The molecule has 2 atom stereocenters. The zero-order valence-corrected chi connectivity index (χ0v) is 11.9. The van der Waals surface area contributed by atoms with Gasteiger partial charge in [0.2, 0.25) is 0 Å². The van der Waals surface area contributed by atoms with Crippen LogP contribution in [0.3, 0.4) is 0 Å². The molecule has 0 saturated heterocycles. The molecule has 1 aliphatic carbocycles. The number of ether oxygens (including phenoxy) is 1. The Kier molecular flexibility index (Phi) is 3.40. The number of methoxy groups -OCH3 is 1. The number of halogens is 1. The van der Waals surface area contributed by atoms with Crippen LogP contribution in [0.25, 0.3) is 0 Å². The Labute approximate surface area is 109 Å². The van der Waals surface area contributed by atoms with Crippen LogP contribution in [0, 0.1) is 13.8 Å². The first kappa shape index (κ1) is 12.8. The third-order valence-corrected chi connectivity index (χ3v) is 4.45. The minimum atomic E-state index is 0.244. The van der Waals surface area contributed by atoms with Crippen molar-refractivity contribution in [3.05, 3.63) is 28.8 Å². The largest absolute Gasteiger partial charge is 0.496 e. The van der Waals surface area contributed by atoms with Gasteiger partial charge in [0.25, 0.3) is 0 Å². The highest BCUT2D eigenvalue weighted by molar-refractivity contribution is 6.20. The van der Waals surface area contributed by atoms with Crippen molar-refractivity contribution in [1.82, 2.24) is 0 Å². The van der Waals surface area contributed by atoms with Crippen molar-refractivity contribution < 1.29 is 4.74 Å². The summed E-state index contributed by atoms with van der Waals surface area (Å²) in [5.41, 5.74) is 4.22. The predicted molar refractivity (Wildman–Crippen MR) is 73.3 cm³/mol. The molecule has 0 heterocycles. The lowest BCUT2D eigenvalue weighted by molar-refractivity contribution is 0.409. The third kappa shape index (κ3) is 2.30. The van der Waals surface area contributed by atoms with Crippen molar-refractivity contribution >= 4 is 11.6 Å². The van der Waals surface area contributed by atoms with E-state index in [1.165, 1.54) is 23.1 Å². The first-order chi connectivity index (χ1) is 7.96. The topological polar surface area (TPSA) is 9.23 Å². The van der Waals surface area contributed by atoms with Crippen LogP contribution in [-0.2, 0) is 5.41 Å². The minimum absolute atomic E-state index is 0.244. The molecule has 1 nitrogen and oxygen atoms in total. The monoisotopic (exact) mass is 252 g/mol. The molecule has 94 valence electrons. The summed E-state index contributed by atoms with van der Waals surface area (Å²) in [6.07, 6.45) is 3.40. The van der Waals surface area contributed by atoms with Gasteiger partial charge in [0.15, 0.2) is 0 Å². The highest BCUT2D eigenvalue weighted by atomic mass is 35.5. The molecule has 0 spiro atoms. The number of alkyl halides is 1. The van der Waals surface area contributed by atoms with Gasteiger partial charge in [0.1, 0.15) is 5.75 Å². The van der Waals surface area contributed by atoms with Crippen molar-refractivity contribution in [2.45, 2.75) is 50.8 Å². The first-order valence-corrected chi connectivity index (χ1v) is 6.70. The molecule has 2 rings (SSSR count). The quantitative estimate of drug-likeness (QED) is 0.711. The van der Waals surface area contributed by atoms with Crippen molar-refractivity contribution in [3.63, 3.8) is 0 Å². The Hall–Kier alpha value is -0.690. The van der Waals surface area contributed by atoms with E-state index in [9.17, 15) is 0 Å². The van der Waals surface area contributed by atoms with E-state index >= 15 is 0 Å². The maximum absolute atomic E-state index is 6.27. The van der Waals surface area contributed by atoms with Gasteiger partial charge in [-0.05, 0) is 61.3 Å². The van der Waals surface area contributed by atoms with Crippen LogP contribution in [0.4, 0.5) is 0 Å². The van der Waals surface area contributed by atoms with Crippen LogP contribution in [-0.4, -0.2) is 12.5 Å². The summed E-state index contributed by atoms with van der Waals surface area (Å²) in [6, 6.07) is 4.43.